The van der Waals surface area contributed by atoms with Gasteiger partial charge in [0.25, 0.3) is 0 Å². The van der Waals surface area contributed by atoms with Gasteiger partial charge < -0.3 is 0 Å². The zero-order chi connectivity index (χ0) is 7.56. The third-order valence-corrected chi connectivity index (χ3v) is 1.58. The van der Waals surface area contributed by atoms with Crippen molar-refractivity contribution in [3.63, 3.8) is 0 Å². The highest BCUT2D eigenvalue weighted by atomic mass is 35.5. The van der Waals surface area contributed by atoms with E-state index in [1.807, 2.05) is 0 Å². The molecule has 1 aromatic rings. The maximum Gasteiger partial charge on any atom is 0.122 e. The van der Waals surface area contributed by atoms with Crippen molar-refractivity contribution in [2.45, 2.75) is 13.1 Å². The van der Waals surface area contributed by atoms with Crippen LogP contribution < -0.4 is 0 Å². The molecule has 0 spiro atoms. The van der Waals surface area contributed by atoms with Crippen molar-refractivity contribution in [3.8, 4) is 0 Å². The topological polar surface area (TPSA) is 0 Å². The summed E-state index contributed by atoms with van der Waals surface area (Å²) < 4.78 is 12.5. The molecule has 0 N–H and O–H groups in total. The van der Waals surface area contributed by atoms with E-state index in [9.17, 15) is 4.39 Å². The summed E-state index contributed by atoms with van der Waals surface area (Å²) in [4.78, 5) is 0. The van der Waals surface area contributed by atoms with Crippen LogP contribution in [-0.4, -0.2) is 0 Å². The van der Waals surface area contributed by atoms with Crippen LogP contribution in [0.1, 0.15) is 18.7 Å². The van der Waals surface area contributed by atoms with Crippen LogP contribution in [0.4, 0.5) is 4.39 Å². The lowest BCUT2D eigenvalue weighted by Crippen LogP contribution is -1.82. The Labute approximate surface area is 64.6 Å². The molecule has 0 heterocycles. The van der Waals surface area contributed by atoms with Crippen LogP contribution in [0.15, 0.2) is 24.3 Å². The molecule has 0 radical (unpaired) electrons. The SMILES string of the molecule is CC(F)c1ccc(Cl)cc1. The molecule has 0 bridgehead atoms. The van der Waals surface area contributed by atoms with Gasteiger partial charge in [-0.15, -0.1) is 0 Å². The lowest BCUT2D eigenvalue weighted by atomic mass is 10.1. The van der Waals surface area contributed by atoms with Crippen molar-refractivity contribution in [2.75, 3.05) is 0 Å². The van der Waals surface area contributed by atoms with Crippen molar-refractivity contribution in [3.05, 3.63) is 34.9 Å². The molecule has 0 aliphatic carbocycles. The van der Waals surface area contributed by atoms with Gasteiger partial charge in [0, 0.05) is 5.02 Å². The molecule has 54 valence electrons. The summed E-state index contributed by atoms with van der Waals surface area (Å²) in [6.07, 6.45) is -0.905. The third-order valence-electron chi connectivity index (χ3n) is 1.33. The standard InChI is InChI=1S/C8H8ClF/c1-6(10)7-2-4-8(9)5-3-7/h2-6H,1H3. The Morgan fingerprint density at radius 3 is 2.20 bits per heavy atom. The number of benzene rings is 1. The second-order valence-electron chi connectivity index (χ2n) is 2.17. The van der Waals surface area contributed by atoms with E-state index in [1.165, 1.54) is 6.92 Å². The van der Waals surface area contributed by atoms with Gasteiger partial charge in [-0.3, -0.25) is 0 Å². The van der Waals surface area contributed by atoms with Crippen LogP contribution in [0.5, 0.6) is 0 Å². The van der Waals surface area contributed by atoms with Crippen molar-refractivity contribution in [1.82, 2.24) is 0 Å². The highest BCUT2D eigenvalue weighted by molar-refractivity contribution is 6.30. The van der Waals surface area contributed by atoms with Crippen LogP contribution in [0, 0.1) is 0 Å². The fourth-order valence-corrected chi connectivity index (χ4v) is 0.854. The molecule has 0 aromatic heterocycles. The largest absolute Gasteiger partial charge is 0.243 e. The lowest BCUT2D eigenvalue weighted by molar-refractivity contribution is 0.374. The van der Waals surface area contributed by atoms with E-state index in [1.54, 1.807) is 24.3 Å². The van der Waals surface area contributed by atoms with Gasteiger partial charge in [0.15, 0.2) is 0 Å². The molecule has 0 fully saturated rings. The van der Waals surface area contributed by atoms with Gasteiger partial charge in [0.1, 0.15) is 6.17 Å². The second-order valence-corrected chi connectivity index (χ2v) is 2.60. The van der Waals surface area contributed by atoms with Gasteiger partial charge in [-0.25, -0.2) is 4.39 Å². The first-order valence-electron chi connectivity index (χ1n) is 3.09. The minimum Gasteiger partial charge on any atom is -0.243 e. The molecule has 2 heteroatoms. The predicted molar refractivity (Wildman–Crippen MR) is 41.0 cm³/mol. The first-order valence-corrected chi connectivity index (χ1v) is 3.47. The summed E-state index contributed by atoms with van der Waals surface area (Å²) in [6, 6.07) is 6.75. The molecule has 0 amide bonds. The number of rotatable bonds is 1. The van der Waals surface area contributed by atoms with Crippen LogP contribution in [0.2, 0.25) is 5.02 Å². The first kappa shape index (κ1) is 7.55. The van der Waals surface area contributed by atoms with E-state index in [-0.39, 0.29) is 0 Å². The molecule has 1 aromatic carbocycles. The molecule has 10 heavy (non-hydrogen) atoms. The molecule has 1 rings (SSSR count). The summed E-state index contributed by atoms with van der Waals surface area (Å²) in [5, 5.41) is 0.643. The van der Waals surface area contributed by atoms with Crippen molar-refractivity contribution in [2.24, 2.45) is 0 Å². The lowest BCUT2D eigenvalue weighted by Gasteiger charge is -1.99. The van der Waals surface area contributed by atoms with Crippen molar-refractivity contribution < 1.29 is 4.39 Å². The monoisotopic (exact) mass is 158 g/mol. The molecule has 0 nitrogen and oxygen atoms in total. The third kappa shape index (κ3) is 1.71. The summed E-state index contributed by atoms with van der Waals surface area (Å²) in [5.74, 6) is 0. The Bertz CT molecular complexity index is 203. The van der Waals surface area contributed by atoms with Gasteiger partial charge in [-0.1, -0.05) is 23.7 Å². The molecular formula is C8H8ClF. The molecule has 0 aliphatic heterocycles. The maximum atomic E-state index is 12.5. The average molecular weight is 159 g/mol. The van der Waals surface area contributed by atoms with E-state index in [0.717, 1.165) is 0 Å². The molecule has 0 aliphatic rings. The van der Waals surface area contributed by atoms with Gasteiger partial charge in [-0.05, 0) is 24.6 Å². The predicted octanol–water partition coefficient (Wildman–Crippen LogP) is 3.37. The Hall–Kier alpha value is -0.560. The van der Waals surface area contributed by atoms with Crippen molar-refractivity contribution >= 4 is 11.6 Å². The van der Waals surface area contributed by atoms with Crippen LogP contribution in [0.3, 0.4) is 0 Å². The summed E-state index contributed by atoms with van der Waals surface area (Å²) in [5.41, 5.74) is 0.671. The number of halogens is 2. The Morgan fingerprint density at radius 1 is 1.30 bits per heavy atom. The van der Waals surface area contributed by atoms with E-state index in [4.69, 9.17) is 11.6 Å². The highest BCUT2D eigenvalue weighted by Gasteiger charge is 1.99. The smallest absolute Gasteiger partial charge is 0.122 e. The molecule has 0 saturated carbocycles. The molecule has 0 saturated heterocycles. The van der Waals surface area contributed by atoms with Crippen LogP contribution >= 0.6 is 11.6 Å². The summed E-state index contributed by atoms with van der Waals surface area (Å²) in [7, 11) is 0. The average Bonchev–Trinajstić information content (AvgIpc) is 1.88. The quantitative estimate of drug-likeness (QED) is 0.588. The summed E-state index contributed by atoms with van der Waals surface area (Å²) in [6.45, 7) is 1.50. The van der Waals surface area contributed by atoms with E-state index in [2.05, 4.69) is 0 Å². The van der Waals surface area contributed by atoms with E-state index >= 15 is 0 Å². The Morgan fingerprint density at radius 2 is 1.80 bits per heavy atom. The van der Waals surface area contributed by atoms with E-state index < -0.39 is 6.17 Å². The van der Waals surface area contributed by atoms with Crippen LogP contribution in [0.25, 0.3) is 0 Å². The fraction of sp³-hybridized carbons (Fsp3) is 0.250. The van der Waals surface area contributed by atoms with Gasteiger partial charge >= 0.3 is 0 Å². The zero-order valence-corrected chi connectivity index (χ0v) is 6.40. The molecule has 1 unspecified atom stereocenters. The minimum absolute atomic E-state index is 0.643. The first-order chi connectivity index (χ1) is 4.70. The van der Waals surface area contributed by atoms with Gasteiger partial charge in [-0.2, -0.15) is 0 Å². The van der Waals surface area contributed by atoms with Crippen LogP contribution in [-0.2, 0) is 0 Å². The maximum absolute atomic E-state index is 12.5. The Balaban J connectivity index is 2.89. The van der Waals surface area contributed by atoms with E-state index in [0.29, 0.717) is 10.6 Å². The normalized spacial score (nSPS) is 13.1. The Kier molecular flexibility index (Phi) is 2.28. The number of hydrogen-bond acceptors (Lipinski definition) is 0. The second kappa shape index (κ2) is 3.02. The number of alkyl halides is 1. The fourth-order valence-electron chi connectivity index (χ4n) is 0.728. The molecular weight excluding hydrogens is 151 g/mol. The van der Waals surface area contributed by atoms with Gasteiger partial charge in [0.2, 0.25) is 0 Å². The zero-order valence-electron chi connectivity index (χ0n) is 5.64. The van der Waals surface area contributed by atoms with Crippen molar-refractivity contribution in [1.29, 1.82) is 0 Å². The highest BCUT2D eigenvalue weighted by Crippen LogP contribution is 2.18. The minimum atomic E-state index is -0.905. The summed E-state index contributed by atoms with van der Waals surface area (Å²) >= 11 is 5.59. The number of hydrogen-bond donors (Lipinski definition) is 0. The molecule has 1 atom stereocenters. The van der Waals surface area contributed by atoms with Gasteiger partial charge in [0.05, 0.1) is 0 Å².